The Hall–Kier alpha value is -3.42. The van der Waals surface area contributed by atoms with E-state index in [1.807, 2.05) is 0 Å². The number of hydrogen-bond donors (Lipinski definition) is 2. The molecular formula is C19H13F3N2O3. The van der Waals surface area contributed by atoms with Crippen LogP contribution in [0.4, 0.5) is 18.9 Å². The van der Waals surface area contributed by atoms with Gasteiger partial charge in [0, 0.05) is 22.8 Å². The van der Waals surface area contributed by atoms with Crippen molar-refractivity contribution in [1.29, 1.82) is 0 Å². The lowest BCUT2D eigenvalue weighted by molar-refractivity contribution is -0.136. The molecule has 0 atom stereocenters. The van der Waals surface area contributed by atoms with Crippen LogP contribution in [0.2, 0.25) is 0 Å². The van der Waals surface area contributed by atoms with Gasteiger partial charge in [-0.25, -0.2) is 0 Å². The fraction of sp³-hybridized carbons (Fsp3) is 0.105. The third-order valence-electron chi connectivity index (χ3n) is 3.99. The summed E-state index contributed by atoms with van der Waals surface area (Å²) in [6, 6.07) is 9.28. The van der Waals surface area contributed by atoms with Gasteiger partial charge in [0.05, 0.1) is 11.1 Å². The predicted octanol–water partition coefficient (Wildman–Crippen LogP) is 4.00. The zero-order valence-corrected chi connectivity index (χ0v) is 14.0. The molecule has 2 N–H and O–H groups in total. The molecule has 0 saturated carbocycles. The smallest absolute Gasteiger partial charge is 0.360 e. The number of fused-ring (bicyclic) bond motifs is 1. The molecule has 0 radical (unpaired) electrons. The van der Waals surface area contributed by atoms with E-state index < -0.39 is 23.1 Å². The van der Waals surface area contributed by atoms with E-state index in [4.69, 9.17) is 0 Å². The molecule has 0 spiro atoms. The first-order valence-electron chi connectivity index (χ1n) is 7.82. The Balaban J connectivity index is 2.01. The molecule has 0 aliphatic heterocycles. The van der Waals surface area contributed by atoms with Crippen molar-refractivity contribution >= 4 is 28.3 Å². The zero-order chi connectivity index (χ0) is 19.8. The minimum absolute atomic E-state index is 0.200. The van der Waals surface area contributed by atoms with E-state index in [-0.39, 0.29) is 27.9 Å². The largest absolute Gasteiger partial charge is 0.418 e. The van der Waals surface area contributed by atoms with Gasteiger partial charge in [-0.1, -0.05) is 18.2 Å². The summed E-state index contributed by atoms with van der Waals surface area (Å²) < 4.78 is 39.2. The van der Waals surface area contributed by atoms with Crippen molar-refractivity contribution in [3.8, 4) is 0 Å². The fourth-order valence-electron chi connectivity index (χ4n) is 2.67. The summed E-state index contributed by atoms with van der Waals surface area (Å²) in [7, 11) is 0. The topological polar surface area (TPSA) is 79.0 Å². The van der Waals surface area contributed by atoms with Crippen molar-refractivity contribution in [3.63, 3.8) is 0 Å². The number of ketones is 1. The highest BCUT2D eigenvalue weighted by atomic mass is 19.4. The third kappa shape index (κ3) is 3.59. The molecule has 2 aromatic carbocycles. The number of halogens is 3. The number of carbonyl (C=O) groups excluding carboxylic acids is 2. The van der Waals surface area contributed by atoms with E-state index in [1.54, 1.807) is 12.1 Å². The Labute approximate surface area is 150 Å². The SMILES string of the molecule is CC(=O)c1cccc(NC(=O)c2c[nH]c3c(C(F)(F)F)cccc3c2=O)c1. The van der Waals surface area contributed by atoms with Crippen LogP contribution in [0.5, 0.6) is 0 Å². The predicted molar refractivity (Wildman–Crippen MR) is 94.0 cm³/mol. The summed E-state index contributed by atoms with van der Waals surface area (Å²) in [6.45, 7) is 1.37. The summed E-state index contributed by atoms with van der Waals surface area (Å²) in [5.41, 5.74) is -1.88. The number of rotatable bonds is 3. The van der Waals surface area contributed by atoms with Crippen molar-refractivity contribution in [2.24, 2.45) is 0 Å². The molecule has 3 rings (SSSR count). The molecule has 1 amide bonds. The lowest BCUT2D eigenvalue weighted by Gasteiger charge is -2.11. The molecule has 5 nitrogen and oxygen atoms in total. The summed E-state index contributed by atoms with van der Waals surface area (Å²) in [5.74, 6) is -0.995. The Morgan fingerprint density at radius 2 is 1.78 bits per heavy atom. The van der Waals surface area contributed by atoms with Crippen molar-refractivity contribution in [2.45, 2.75) is 13.1 Å². The van der Waals surface area contributed by atoms with Gasteiger partial charge in [0.15, 0.2) is 5.78 Å². The molecule has 0 saturated heterocycles. The standard InChI is InChI=1S/C19H13F3N2O3/c1-10(25)11-4-2-5-12(8-11)24-18(27)14-9-23-16-13(17(14)26)6-3-7-15(16)19(20,21)22/h2-9H,1H3,(H,23,26)(H,24,27). The quantitative estimate of drug-likeness (QED) is 0.680. The maximum absolute atomic E-state index is 13.1. The second-order valence-corrected chi connectivity index (χ2v) is 5.85. The zero-order valence-electron chi connectivity index (χ0n) is 14.0. The van der Waals surface area contributed by atoms with Crippen LogP contribution < -0.4 is 10.7 Å². The van der Waals surface area contributed by atoms with Crippen LogP contribution in [0, 0.1) is 0 Å². The number of carbonyl (C=O) groups is 2. The summed E-state index contributed by atoms with van der Waals surface area (Å²) in [6.07, 6.45) is -3.69. The number of Topliss-reactive ketones (excluding diaryl/α,β-unsaturated/α-hetero) is 1. The minimum Gasteiger partial charge on any atom is -0.360 e. The van der Waals surface area contributed by atoms with Gasteiger partial charge in [-0.2, -0.15) is 13.2 Å². The molecule has 0 unspecified atom stereocenters. The van der Waals surface area contributed by atoms with E-state index in [0.717, 1.165) is 18.3 Å². The highest BCUT2D eigenvalue weighted by molar-refractivity contribution is 6.06. The lowest BCUT2D eigenvalue weighted by atomic mass is 10.1. The second-order valence-electron chi connectivity index (χ2n) is 5.85. The molecule has 1 heterocycles. The number of alkyl halides is 3. The van der Waals surface area contributed by atoms with Gasteiger partial charge in [-0.15, -0.1) is 0 Å². The summed E-state index contributed by atoms with van der Waals surface area (Å²) in [4.78, 5) is 38.7. The maximum Gasteiger partial charge on any atom is 0.418 e. The first-order valence-corrected chi connectivity index (χ1v) is 7.82. The summed E-state index contributed by atoms with van der Waals surface area (Å²) >= 11 is 0. The number of aromatic nitrogens is 1. The number of H-pyrrole nitrogens is 1. The number of amides is 1. The first-order chi connectivity index (χ1) is 12.7. The molecule has 0 fully saturated rings. The molecule has 138 valence electrons. The number of hydrogen-bond acceptors (Lipinski definition) is 3. The van der Waals surface area contributed by atoms with E-state index in [9.17, 15) is 27.6 Å². The van der Waals surface area contributed by atoms with Gasteiger partial charge >= 0.3 is 6.18 Å². The van der Waals surface area contributed by atoms with E-state index in [2.05, 4.69) is 10.3 Å². The Morgan fingerprint density at radius 1 is 1.07 bits per heavy atom. The van der Waals surface area contributed by atoms with E-state index in [1.165, 1.54) is 25.1 Å². The Kier molecular flexibility index (Phi) is 4.57. The van der Waals surface area contributed by atoms with Gasteiger partial charge < -0.3 is 10.3 Å². The Morgan fingerprint density at radius 3 is 2.44 bits per heavy atom. The molecule has 27 heavy (non-hydrogen) atoms. The lowest BCUT2D eigenvalue weighted by Crippen LogP contribution is -2.22. The van der Waals surface area contributed by atoms with Gasteiger partial charge in [0.2, 0.25) is 5.43 Å². The average molecular weight is 374 g/mol. The molecule has 0 bridgehead atoms. The molecule has 0 aliphatic carbocycles. The van der Waals surface area contributed by atoms with Crippen LogP contribution in [0.25, 0.3) is 10.9 Å². The highest BCUT2D eigenvalue weighted by Gasteiger charge is 2.33. The third-order valence-corrected chi connectivity index (χ3v) is 3.99. The number of benzene rings is 2. The monoisotopic (exact) mass is 374 g/mol. The van der Waals surface area contributed by atoms with Gasteiger partial charge in [0.25, 0.3) is 5.91 Å². The van der Waals surface area contributed by atoms with Gasteiger partial charge in [-0.3, -0.25) is 14.4 Å². The van der Waals surface area contributed by atoms with Crippen molar-refractivity contribution < 1.29 is 22.8 Å². The molecule has 3 aromatic rings. The number of anilines is 1. The molecule has 1 aromatic heterocycles. The van der Waals surface area contributed by atoms with Crippen molar-refractivity contribution in [3.05, 3.63) is 75.6 Å². The number of pyridine rings is 1. The van der Waals surface area contributed by atoms with Crippen LogP contribution >= 0.6 is 0 Å². The second kappa shape index (κ2) is 6.71. The van der Waals surface area contributed by atoms with Gasteiger partial charge in [0.1, 0.15) is 5.56 Å². The summed E-state index contributed by atoms with van der Waals surface area (Å²) in [5, 5.41) is 2.23. The molecular weight excluding hydrogens is 361 g/mol. The van der Waals surface area contributed by atoms with Crippen molar-refractivity contribution in [1.82, 2.24) is 4.98 Å². The van der Waals surface area contributed by atoms with Crippen LogP contribution in [0.3, 0.4) is 0 Å². The van der Waals surface area contributed by atoms with E-state index in [0.29, 0.717) is 5.56 Å². The first kappa shape index (κ1) is 18.4. The molecule has 8 heteroatoms. The fourth-order valence-corrected chi connectivity index (χ4v) is 2.67. The van der Waals surface area contributed by atoms with E-state index >= 15 is 0 Å². The highest BCUT2D eigenvalue weighted by Crippen LogP contribution is 2.33. The van der Waals surface area contributed by atoms with Gasteiger partial charge in [-0.05, 0) is 31.2 Å². The number of aromatic amines is 1. The van der Waals surface area contributed by atoms with Crippen LogP contribution in [-0.2, 0) is 6.18 Å². The molecule has 0 aliphatic rings. The van der Waals surface area contributed by atoms with Crippen LogP contribution in [-0.4, -0.2) is 16.7 Å². The minimum atomic E-state index is -4.64. The number of nitrogens with one attached hydrogen (secondary N) is 2. The average Bonchev–Trinajstić information content (AvgIpc) is 2.61. The maximum atomic E-state index is 13.1. The normalized spacial score (nSPS) is 11.4. The Bertz CT molecular complexity index is 1120. The van der Waals surface area contributed by atoms with Crippen LogP contribution in [0.15, 0.2) is 53.5 Å². The van der Waals surface area contributed by atoms with Crippen LogP contribution in [0.1, 0.15) is 33.2 Å². The van der Waals surface area contributed by atoms with Crippen molar-refractivity contribution in [2.75, 3.05) is 5.32 Å². The number of para-hydroxylation sites is 1.